The summed E-state index contributed by atoms with van der Waals surface area (Å²) < 4.78 is 80.5. The number of pyridine rings is 1. The van der Waals surface area contributed by atoms with Crippen LogP contribution in [0.3, 0.4) is 0 Å². The Bertz CT molecular complexity index is 2290. The van der Waals surface area contributed by atoms with Crippen molar-refractivity contribution in [1.82, 2.24) is 25.0 Å². The SMILES string of the molecule is C1COCCN1.CC(C)(C)OC(=O)N1C[C@H](c2cc(F)cc(F)c2)CC1C(=O)CC(=O)N1CCOCC1.CCOC(=O)CC(=O)C1C[C@@H](c2cc(F)cc(F)c2)CN1C(=O)OC(C)(C)C.CN(C)c1ccncc1. The molecule has 2 aromatic carbocycles. The third-order valence-corrected chi connectivity index (χ3v) is 11.7. The monoisotopic (exact) mass is 1040 g/mol. The number of nitrogens with one attached hydrogen (secondary N) is 1. The maximum atomic E-state index is 13.7. The normalized spacial score (nSPS) is 19.6. The highest BCUT2D eigenvalue weighted by Gasteiger charge is 2.44. The van der Waals surface area contributed by atoms with E-state index < -0.39 is 94.5 Å². The van der Waals surface area contributed by atoms with Gasteiger partial charge in [-0.3, -0.25) is 34.0 Å². The van der Waals surface area contributed by atoms with Gasteiger partial charge in [0, 0.05) is 95.4 Å². The summed E-state index contributed by atoms with van der Waals surface area (Å²) in [6.45, 7) is 17.6. The predicted molar refractivity (Wildman–Crippen MR) is 266 cm³/mol. The fourth-order valence-electron chi connectivity index (χ4n) is 8.25. The minimum atomic E-state index is -0.935. The highest BCUT2D eigenvalue weighted by molar-refractivity contribution is 6.02. The lowest BCUT2D eigenvalue weighted by Gasteiger charge is -2.29. The van der Waals surface area contributed by atoms with Crippen molar-refractivity contribution in [2.75, 3.05) is 91.3 Å². The van der Waals surface area contributed by atoms with Crippen molar-refractivity contribution in [2.24, 2.45) is 0 Å². The van der Waals surface area contributed by atoms with Crippen LogP contribution in [-0.4, -0.2) is 165 Å². The van der Waals surface area contributed by atoms with E-state index in [9.17, 15) is 46.3 Å². The molecule has 4 aliphatic heterocycles. The van der Waals surface area contributed by atoms with Crippen molar-refractivity contribution in [2.45, 2.75) is 109 Å². The van der Waals surface area contributed by atoms with Gasteiger partial charge in [0.1, 0.15) is 40.9 Å². The topological polar surface area (TPSA) is 186 Å². The van der Waals surface area contributed by atoms with Gasteiger partial charge in [0.05, 0.1) is 51.5 Å². The second kappa shape index (κ2) is 28.5. The second-order valence-corrected chi connectivity index (χ2v) is 20.1. The van der Waals surface area contributed by atoms with E-state index in [1.807, 2.05) is 31.1 Å². The molecule has 17 nitrogen and oxygen atoms in total. The Morgan fingerprint density at radius 2 is 1.08 bits per heavy atom. The molecular formula is C53H72F4N6O11. The number of morpholine rings is 2. The number of anilines is 1. The molecule has 74 heavy (non-hydrogen) atoms. The molecule has 5 heterocycles. The molecule has 4 aliphatic rings. The van der Waals surface area contributed by atoms with Crippen LogP contribution >= 0.6 is 0 Å². The lowest BCUT2D eigenvalue weighted by Crippen LogP contribution is -2.46. The predicted octanol–water partition coefficient (Wildman–Crippen LogP) is 7.21. The Kier molecular flexibility index (Phi) is 23.2. The van der Waals surface area contributed by atoms with Crippen LogP contribution in [0.1, 0.15) is 97.1 Å². The summed E-state index contributed by atoms with van der Waals surface area (Å²) in [7, 11) is 4.02. The van der Waals surface area contributed by atoms with E-state index in [-0.39, 0.29) is 44.9 Å². The average molecular weight is 1050 g/mol. The lowest BCUT2D eigenvalue weighted by atomic mass is 9.94. The van der Waals surface area contributed by atoms with Crippen molar-refractivity contribution >= 4 is 41.3 Å². The number of likely N-dealkylation sites (tertiary alicyclic amines) is 2. The number of aromatic nitrogens is 1. The number of nitrogens with zero attached hydrogens (tertiary/aromatic N) is 5. The van der Waals surface area contributed by atoms with Crippen LogP contribution in [0.25, 0.3) is 0 Å². The highest BCUT2D eigenvalue weighted by atomic mass is 19.1. The Morgan fingerprint density at radius 3 is 1.43 bits per heavy atom. The molecule has 3 aromatic rings. The van der Waals surface area contributed by atoms with E-state index in [2.05, 4.69) is 10.3 Å². The Morgan fingerprint density at radius 1 is 0.662 bits per heavy atom. The molecular weight excluding hydrogens is 973 g/mol. The molecule has 0 radical (unpaired) electrons. The molecule has 4 fully saturated rings. The van der Waals surface area contributed by atoms with Crippen LogP contribution in [0.15, 0.2) is 60.9 Å². The Labute approximate surface area is 431 Å². The number of Topliss-reactive ketones (excluding diaryl/α,β-unsaturated/α-hetero) is 2. The zero-order chi connectivity index (χ0) is 54.8. The molecule has 1 N–H and O–H groups in total. The summed E-state index contributed by atoms with van der Waals surface area (Å²) in [5.74, 6) is -5.76. The maximum absolute atomic E-state index is 13.7. The summed E-state index contributed by atoms with van der Waals surface area (Å²) in [6.07, 6.45) is 1.64. The zero-order valence-electron chi connectivity index (χ0n) is 43.9. The van der Waals surface area contributed by atoms with E-state index in [0.717, 1.165) is 38.4 Å². The quantitative estimate of drug-likeness (QED) is 0.0929. The number of halogens is 4. The molecule has 0 saturated carbocycles. The number of hydrogen-bond acceptors (Lipinski definition) is 14. The van der Waals surface area contributed by atoms with Crippen LogP contribution in [0.2, 0.25) is 0 Å². The van der Waals surface area contributed by atoms with Crippen molar-refractivity contribution in [3.8, 4) is 0 Å². The third-order valence-electron chi connectivity index (χ3n) is 11.7. The van der Waals surface area contributed by atoms with Gasteiger partial charge in [-0.1, -0.05) is 0 Å². The van der Waals surface area contributed by atoms with E-state index in [1.165, 1.54) is 39.8 Å². The fraction of sp³-hybridized carbons (Fsp3) is 0.566. The smallest absolute Gasteiger partial charge is 0.410 e. The molecule has 2 unspecified atom stereocenters. The van der Waals surface area contributed by atoms with Crippen molar-refractivity contribution < 1.29 is 70.0 Å². The first-order chi connectivity index (χ1) is 34.8. The van der Waals surface area contributed by atoms with E-state index in [4.69, 9.17) is 23.7 Å². The molecule has 408 valence electrons. The van der Waals surface area contributed by atoms with Crippen molar-refractivity contribution in [1.29, 1.82) is 0 Å². The first kappa shape index (κ1) is 60.4. The summed E-state index contributed by atoms with van der Waals surface area (Å²) in [4.78, 5) is 85.2. The van der Waals surface area contributed by atoms with Crippen LogP contribution in [0.4, 0.5) is 32.8 Å². The molecule has 7 rings (SSSR count). The van der Waals surface area contributed by atoms with Crippen LogP contribution < -0.4 is 10.2 Å². The minimum Gasteiger partial charge on any atom is -0.466 e. The Hall–Kier alpha value is -6.19. The molecule has 3 amide bonds. The maximum Gasteiger partial charge on any atom is 0.410 e. The first-order valence-corrected chi connectivity index (χ1v) is 24.7. The van der Waals surface area contributed by atoms with Crippen molar-refractivity contribution in [3.05, 3.63) is 95.3 Å². The second-order valence-electron chi connectivity index (χ2n) is 20.1. The van der Waals surface area contributed by atoms with E-state index >= 15 is 0 Å². The Balaban J connectivity index is 0.000000250. The number of carbonyl (C=O) groups is 6. The molecule has 0 spiro atoms. The van der Waals surface area contributed by atoms with Gasteiger partial charge in [-0.05, 0) is 109 Å². The van der Waals surface area contributed by atoms with Crippen LogP contribution in [0, 0.1) is 23.3 Å². The number of carbonyl (C=O) groups excluding carboxylic acids is 6. The molecule has 4 atom stereocenters. The zero-order valence-corrected chi connectivity index (χ0v) is 43.9. The summed E-state index contributed by atoms with van der Waals surface area (Å²) in [5, 5.41) is 3.16. The number of hydrogen-bond donors (Lipinski definition) is 1. The average Bonchev–Trinajstić information content (AvgIpc) is 3.99. The molecule has 1 aromatic heterocycles. The van der Waals surface area contributed by atoms with Crippen LogP contribution in [0.5, 0.6) is 0 Å². The van der Waals surface area contributed by atoms with Gasteiger partial charge in [-0.15, -0.1) is 0 Å². The van der Waals surface area contributed by atoms with Gasteiger partial charge < -0.3 is 38.8 Å². The summed E-state index contributed by atoms with van der Waals surface area (Å²) in [5.41, 5.74) is 0.329. The third kappa shape index (κ3) is 20.3. The largest absolute Gasteiger partial charge is 0.466 e. The molecule has 4 saturated heterocycles. The number of amides is 3. The number of rotatable bonds is 10. The van der Waals surface area contributed by atoms with E-state index in [0.29, 0.717) is 37.4 Å². The van der Waals surface area contributed by atoms with Crippen molar-refractivity contribution in [3.63, 3.8) is 0 Å². The van der Waals surface area contributed by atoms with Gasteiger partial charge >= 0.3 is 18.2 Å². The number of ketones is 2. The molecule has 0 bridgehead atoms. The number of esters is 1. The molecule has 21 heteroatoms. The fourth-order valence-corrected chi connectivity index (χ4v) is 8.25. The van der Waals surface area contributed by atoms with Gasteiger partial charge in [-0.2, -0.15) is 0 Å². The number of ether oxygens (including phenoxy) is 5. The van der Waals surface area contributed by atoms with E-state index in [1.54, 1.807) is 65.8 Å². The molecule has 0 aliphatic carbocycles. The van der Waals surface area contributed by atoms with Gasteiger partial charge in [-0.25, -0.2) is 27.2 Å². The summed E-state index contributed by atoms with van der Waals surface area (Å²) >= 11 is 0. The standard InChI is InChI=1S/C22H28F2N2O5.C20H25F2NO5.C7H10N2.C4H9NO/c1-22(2,3)31-21(29)26-13-15(14-8-16(23)11-17(24)9-14)10-18(26)19(27)12-20(28)25-4-6-30-7-5-25;1-5-27-18(25)10-17(24)16-8-13(12-6-14(21)9-15(22)7-12)11-23(16)19(26)28-20(2,3)4;1-9(2)7-3-5-8-6-4-7;1-3-6-4-2-5-1/h8-9,11,15,18H,4-7,10,12-13H2,1-3H3;6-7,9,13,16H,5,8,10-11H2,1-4H3;3-6H,1-2H3;5H,1-4H2/t15-,18?;13-,16?;;/m11../s1. The first-order valence-electron chi connectivity index (χ1n) is 24.7. The van der Waals surface area contributed by atoms with Gasteiger partial charge in [0.2, 0.25) is 5.91 Å². The minimum absolute atomic E-state index is 0.0526. The lowest BCUT2D eigenvalue weighted by molar-refractivity contribution is -0.146. The number of benzene rings is 2. The summed E-state index contributed by atoms with van der Waals surface area (Å²) in [6, 6.07) is 8.39. The highest BCUT2D eigenvalue weighted by Crippen LogP contribution is 2.36. The van der Waals surface area contributed by atoms with Gasteiger partial charge in [0.15, 0.2) is 11.6 Å². The van der Waals surface area contributed by atoms with Crippen LogP contribution in [-0.2, 0) is 42.9 Å². The van der Waals surface area contributed by atoms with Gasteiger partial charge in [0.25, 0.3) is 0 Å².